The Labute approximate surface area is 122 Å². The van der Waals surface area contributed by atoms with E-state index in [0.717, 1.165) is 18.5 Å². The topological polar surface area (TPSA) is 70.7 Å². The van der Waals surface area contributed by atoms with Gasteiger partial charge < -0.3 is 10.0 Å². The molecular weight excluding hydrogens is 268 g/mol. The molecule has 2 aromatic rings. The summed E-state index contributed by atoms with van der Waals surface area (Å²) in [6.07, 6.45) is 7.19. The molecule has 0 atom stereocenters. The number of fused-ring (bicyclic) bond motifs is 1. The van der Waals surface area contributed by atoms with Gasteiger partial charge >= 0.3 is 6.09 Å². The maximum absolute atomic E-state index is 11.0. The molecule has 6 nitrogen and oxygen atoms in total. The fourth-order valence-electron chi connectivity index (χ4n) is 3.36. The molecule has 0 radical (unpaired) electrons. The number of nitrogens with zero attached hydrogens (tertiary/aromatic N) is 4. The first-order valence-corrected chi connectivity index (χ1v) is 7.53. The van der Waals surface area contributed by atoms with Crippen LogP contribution in [0.15, 0.2) is 18.6 Å². The first kappa shape index (κ1) is 12.6. The third kappa shape index (κ3) is 2.24. The average Bonchev–Trinajstić information content (AvgIpc) is 3.24. The molecule has 1 aliphatic carbocycles. The predicted molar refractivity (Wildman–Crippen MR) is 76.5 cm³/mol. The van der Waals surface area contributed by atoms with E-state index in [1.54, 1.807) is 6.33 Å². The van der Waals surface area contributed by atoms with Crippen LogP contribution in [-0.4, -0.2) is 43.8 Å². The Morgan fingerprint density at radius 1 is 1.14 bits per heavy atom. The second-order valence-corrected chi connectivity index (χ2v) is 6.07. The Balaban J connectivity index is 1.66. The van der Waals surface area contributed by atoms with Crippen LogP contribution in [0, 0.1) is 0 Å². The minimum atomic E-state index is -0.803. The van der Waals surface area contributed by atoms with Gasteiger partial charge in [-0.1, -0.05) is 0 Å². The molecule has 6 heteroatoms. The highest BCUT2D eigenvalue weighted by Crippen LogP contribution is 2.45. The van der Waals surface area contributed by atoms with Gasteiger partial charge in [-0.15, -0.1) is 0 Å². The van der Waals surface area contributed by atoms with Crippen molar-refractivity contribution < 1.29 is 9.90 Å². The zero-order chi connectivity index (χ0) is 14.4. The van der Waals surface area contributed by atoms with Crippen molar-refractivity contribution in [3.05, 3.63) is 29.7 Å². The van der Waals surface area contributed by atoms with Crippen LogP contribution in [0.3, 0.4) is 0 Å². The van der Waals surface area contributed by atoms with E-state index in [1.165, 1.54) is 28.9 Å². The van der Waals surface area contributed by atoms with E-state index in [-0.39, 0.29) is 0 Å². The van der Waals surface area contributed by atoms with Gasteiger partial charge in [-0.25, -0.2) is 14.3 Å². The summed E-state index contributed by atoms with van der Waals surface area (Å²) in [5, 5.41) is 13.3. The van der Waals surface area contributed by atoms with E-state index < -0.39 is 6.09 Å². The number of carboxylic acid groups (broad SMARTS) is 1. The summed E-state index contributed by atoms with van der Waals surface area (Å²) in [5.74, 6) is 1.10. The van der Waals surface area contributed by atoms with Gasteiger partial charge in [0.2, 0.25) is 0 Å². The smallest absolute Gasteiger partial charge is 0.407 e. The fourth-order valence-corrected chi connectivity index (χ4v) is 3.36. The van der Waals surface area contributed by atoms with Gasteiger partial charge in [0.1, 0.15) is 6.33 Å². The van der Waals surface area contributed by atoms with Crippen LogP contribution < -0.4 is 0 Å². The van der Waals surface area contributed by atoms with Gasteiger partial charge in [-0.2, -0.15) is 5.10 Å². The molecule has 1 saturated carbocycles. The molecule has 21 heavy (non-hydrogen) atoms. The van der Waals surface area contributed by atoms with Crippen molar-refractivity contribution in [1.82, 2.24) is 19.5 Å². The van der Waals surface area contributed by atoms with E-state index >= 15 is 0 Å². The average molecular weight is 286 g/mol. The summed E-state index contributed by atoms with van der Waals surface area (Å²) in [5.41, 5.74) is 3.66. The highest BCUT2D eigenvalue weighted by molar-refractivity contribution is 5.65. The molecule has 0 spiro atoms. The molecule has 110 valence electrons. The van der Waals surface area contributed by atoms with Gasteiger partial charge in [0.25, 0.3) is 0 Å². The Bertz CT molecular complexity index is 684. The zero-order valence-corrected chi connectivity index (χ0v) is 11.8. The van der Waals surface area contributed by atoms with Crippen LogP contribution in [0.4, 0.5) is 4.79 Å². The predicted octanol–water partition coefficient (Wildman–Crippen LogP) is 2.46. The van der Waals surface area contributed by atoms with Crippen molar-refractivity contribution in [2.45, 2.75) is 37.5 Å². The largest absolute Gasteiger partial charge is 0.465 e. The molecule has 4 rings (SSSR count). The Hall–Kier alpha value is -2.11. The summed E-state index contributed by atoms with van der Waals surface area (Å²) in [6.45, 7) is 1.25. The minimum absolute atomic E-state index is 0.435. The molecule has 1 aliphatic heterocycles. The molecule has 0 unspecified atom stereocenters. The monoisotopic (exact) mass is 286 g/mol. The summed E-state index contributed by atoms with van der Waals surface area (Å²) < 4.78 is 1.84. The lowest BCUT2D eigenvalue weighted by atomic mass is 9.86. The van der Waals surface area contributed by atoms with Crippen molar-refractivity contribution in [2.24, 2.45) is 0 Å². The number of likely N-dealkylation sites (tertiary alicyclic amines) is 1. The number of piperidine rings is 1. The molecular formula is C15H18N4O2. The lowest BCUT2D eigenvalue weighted by Gasteiger charge is -2.31. The van der Waals surface area contributed by atoms with E-state index in [2.05, 4.69) is 22.3 Å². The summed E-state index contributed by atoms with van der Waals surface area (Å²) in [7, 11) is 0. The standard InChI is InChI=1S/C15H18N4O2/c20-15(21)18-5-3-11(4-6-18)13-8-19-14(16-9-17-19)7-12(13)10-1-2-10/h7-11H,1-6H2,(H,20,21). The quantitative estimate of drug-likeness (QED) is 0.920. The van der Waals surface area contributed by atoms with Crippen molar-refractivity contribution in [2.75, 3.05) is 13.1 Å². The number of rotatable bonds is 2. The van der Waals surface area contributed by atoms with E-state index in [1.807, 2.05) is 4.52 Å². The second-order valence-electron chi connectivity index (χ2n) is 6.07. The summed E-state index contributed by atoms with van der Waals surface area (Å²) in [4.78, 5) is 16.8. The molecule has 1 N–H and O–H groups in total. The fraction of sp³-hybridized carbons (Fsp3) is 0.533. The van der Waals surface area contributed by atoms with E-state index in [0.29, 0.717) is 24.9 Å². The molecule has 0 bridgehead atoms. The van der Waals surface area contributed by atoms with Gasteiger partial charge in [0.15, 0.2) is 5.65 Å². The van der Waals surface area contributed by atoms with Gasteiger partial charge in [-0.05, 0) is 54.7 Å². The van der Waals surface area contributed by atoms with Gasteiger partial charge in [0, 0.05) is 19.3 Å². The first-order chi connectivity index (χ1) is 10.2. The minimum Gasteiger partial charge on any atom is -0.465 e. The Kier molecular flexibility index (Phi) is 2.83. The number of pyridine rings is 1. The molecule has 1 saturated heterocycles. The highest BCUT2D eigenvalue weighted by Gasteiger charge is 2.31. The van der Waals surface area contributed by atoms with Crippen molar-refractivity contribution >= 4 is 11.7 Å². The van der Waals surface area contributed by atoms with Crippen LogP contribution in [0.25, 0.3) is 5.65 Å². The third-order valence-electron chi connectivity index (χ3n) is 4.70. The van der Waals surface area contributed by atoms with Crippen molar-refractivity contribution in [1.29, 1.82) is 0 Å². The highest BCUT2D eigenvalue weighted by atomic mass is 16.4. The van der Waals surface area contributed by atoms with Gasteiger partial charge in [-0.3, -0.25) is 0 Å². The summed E-state index contributed by atoms with van der Waals surface area (Å²) in [6, 6.07) is 2.17. The number of hydrogen-bond donors (Lipinski definition) is 1. The van der Waals surface area contributed by atoms with Crippen molar-refractivity contribution in [3.8, 4) is 0 Å². The normalized spacial score (nSPS) is 20.1. The van der Waals surface area contributed by atoms with Crippen LogP contribution in [0.2, 0.25) is 0 Å². The molecule has 1 amide bonds. The van der Waals surface area contributed by atoms with Crippen LogP contribution in [0.5, 0.6) is 0 Å². The molecule has 2 fully saturated rings. The van der Waals surface area contributed by atoms with Crippen LogP contribution >= 0.6 is 0 Å². The van der Waals surface area contributed by atoms with Crippen LogP contribution in [-0.2, 0) is 0 Å². The first-order valence-electron chi connectivity index (χ1n) is 7.53. The SMILES string of the molecule is O=C(O)N1CCC(c2cn3ncnc3cc2C2CC2)CC1. The number of carbonyl (C=O) groups is 1. The van der Waals surface area contributed by atoms with E-state index in [9.17, 15) is 4.79 Å². The van der Waals surface area contributed by atoms with Crippen molar-refractivity contribution in [3.63, 3.8) is 0 Å². The molecule has 0 aromatic carbocycles. The second kappa shape index (κ2) is 4.72. The lowest BCUT2D eigenvalue weighted by Crippen LogP contribution is -2.37. The number of hydrogen-bond acceptors (Lipinski definition) is 3. The third-order valence-corrected chi connectivity index (χ3v) is 4.70. The van der Waals surface area contributed by atoms with Gasteiger partial charge in [0.05, 0.1) is 0 Å². The maximum atomic E-state index is 11.0. The van der Waals surface area contributed by atoms with Crippen LogP contribution in [0.1, 0.15) is 48.6 Å². The number of aromatic nitrogens is 3. The number of amides is 1. The Morgan fingerprint density at radius 3 is 2.52 bits per heavy atom. The molecule has 2 aliphatic rings. The molecule has 3 heterocycles. The Morgan fingerprint density at radius 2 is 1.86 bits per heavy atom. The van der Waals surface area contributed by atoms with E-state index in [4.69, 9.17) is 5.11 Å². The maximum Gasteiger partial charge on any atom is 0.407 e. The zero-order valence-electron chi connectivity index (χ0n) is 11.8. The summed E-state index contributed by atoms with van der Waals surface area (Å²) >= 11 is 0. The molecule has 2 aromatic heterocycles. The lowest BCUT2D eigenvalue weighted by molar-refractivity contribution is 0.132.